The Balaban J connectivity index is 3.88. The lowest BCUT2D eigenvalue weighted by Crippen LogP contribution is -2.26. The molecular formula is C10H15NO5. The van der Waals surface area contributed by atoms with Gasteiger partial charge in [-0.1, -0.05) is 0 Å². The van der Waals surface area contributed by atoms with E-state index in [2.05, 4.69) is 4.74 Å². The van der Waals surface area contributed by atoms with Gasteiger partial charge in [0.1, 0.15) is 0 Å². The summed E-state index contributed by atoms with van der Waals surface area (Å²) in [5.41, 5.74) is 0. The van der Waals surface area contributed by atoms with E-state index >= 15 is 0 Å². The third kappa shape index (κ3) is 6.58. The van der Waals surface area contributed by atoms with Crippen LogP contribution in [0.1, 0.15) is 12.8 Å². The molecular weight excluding hydrogens is 214 g/mol. The highest BCUT2D eigenvalue weighted by molar-refractivity contribution is 5.93. The van der Waals surface area contributed by atoms with Crippen molar-refractivity contribution in [3.63, 3.8) is 0 Å². The van der Waals surface area contributed by atoms with Crippen LogP contribution in [0.25, 0.3) is 0 Å². The van der Waals surface area contributed by atoms with Crippen LogP contribution in [0.4, 0.5) is 0 Å². The Labute approximate surface area is 93.5 Å². The van der Waals surface area contributed by atoms with Crippen molar-refractivity contribution >= 4 is 17.8 Å². The van der Waals surface area contributed by atoms with Crippen LogP contribution in [-0.2, 0) is 19.1 Å². The summed E-state index contributed by atoms with van der Waals surface area (Å²) in [5.74, 6) is -1.91. The van der Waals surface area contributed by atoms with Gasteiger partial charge in [0.25, 0.3) is 0 Å². The fourth-order valence-corrected chi connectivity index (χ4v) is 0.943. The third-order valence-electron chi connectivity index (χ3n) is 1.85. The lowest BCUT2D eigenvalue weighted by Gasteiger charge is -2.13. The SMILES string of the molecule is COC(=O)CCCN(C)C(=O)/C=C/C(=O)O. The number of ether oxygens (including phenoxy) is 1. The lowest BCUT2D eigenvalue weighted by atomic mass is 10.3. The first-order valence-corrected chi connectivity index (χ1v) is 4.70. The summed E-state index contributed by atoms with van der Waals surface area (Å²) >= 11 is 0. The number of methoxy groups -OCH3 is 1. The zero-order valence-electron chi connectivity index (χ0n) is 9.30. The second-order valence-electron chi connectivity index (χ2n) is 3.11. The maximum absolute atomic E-state index is 11.3. The number of hydrogen-bond acceptors (Lipinski definition) is 4. The molecule has 1 amide bonds. The summed E-state index contributed by atoms with van der Waals surface area (Å²) in [6, 6.07) is 0. The minimum Gasteiger partial charge on any atom is -0.478 e. The van der Waals surface area contributed by atoms with Crippen molar-refractivity contribution in [1.82, 2.24) is 4.90 Å². The molecule has 6 nitrogen and oxygen atoms in total. The van der Waals surface area contributed by atoms with Gasteiger partial charge in [0, 0.05) is 32.2 Å². The standard InChI is InChI=1S/C10H15NO5/c1-11(7-3-4-10(15)16-2)8(12)5-6-9(13)14/h5-6H,3-4,7H2,1-2H3,(H,13,14)/b6-5+. The fourth-order valence-electron chi connectivity index (χ4n) is 0.943. The molecule has 0 aliphatic carbocycles. The second-order valence-corrected chi connectivity index (χ2v) is 3.11. The molecule has 6 heteroatoms. The van der Waals surface area contributed by atoms with Crippen molar-refractivity contribution in [3.8, 4) is 0 Å². The average molecular weight is 229 g/mol. The highest BCUT2D eigenvalue weighted by atomic mass is 16.5. The van der Waals surface area contributed by atoms with Gasteiger partial charge in [-0.2, -0.15) is 0 Å². The van der Waals surface area contributed by atoms with E-state index in [-0.39, 0.29) is 12.4 Å². The molecule has 1 N–H and O–H groups in total. The molecule has 0 saturated carbocycles. The van der Waals surface area contributed by atoms with Gasteiger partial charge >= 0.3 is 11.9 Å². The molecule has 0 rings (SSSR count). The minimum absolute atomic E-state index is 0.233. The van der Waals surface area contributed by atoms with Crippen LogP contribution in [0, 0.1) is 0 Å². The van der Waals surface area contributed by atoms with Crippen LogP contribution in [0.5, 0.6) is 0 Å². The smallest absolute Gasteiger partial charge is 0.328 e. The fraction of sp³-hybridized carbons (Fsp3) is 0.500. The Morgan fingerprint density at radius 2 is 1.94 bits per heavy atom. The van der Waals surface area contributed by atoms with Crippen LogP contribution in [0.15, 0.2) is 12.2 Å². The Hall–Kier alpha value is -1.85. The van der Waals surface area contributed by atoms with E-state index in [4.69, 9.17) is 5.11 Å². The lowest BCUT2D eigenvalue weighted by molar-refractivity contribution is -0.141. The number of carboxylic acid groups (broad SMARTS) is 1. The maximum Gasteiger partial charge on any atom is 0.328 e. The quantitative estimate of drug-likeness (QED) is 0.513. The van der Waals surface area contributed by atoms with Crippen molar-refractivity contribution in [2.45, 2.75) is 12.8 Å². The van der Waals surface area contributed by atoms with E-state index in [1.807, 2.05) is 0 Å². The molecule has 0 heterocycles. The number of rotatable bonds is 6. The van der Waals surface area contributed by atoms with Gasteiger partial charge in [0.15, 0.2) is 0 Å². The molecule has 0 radical (unpaired) electrons. The zero-order valence-corrected chi connectivity index (χ0v) is 9.30. The van der Waals surface area contributed by atoms with Crippen molar-refractivity contribution in [2.75, 3.05) is 20.7 Å². The molecule has 0 aromatic carbocycles. The van der Waals surface area contributed by atoms with Gasteiger partial charge in [-0.15, -0.1) is 0 Å². The molecule has 90 valence electrons. The van der Waals surface area contributed by atoms with E-state index in [0.29, 0.717) is 13.0 Å². The summed E-state index contributed by atoms with van der Waals surface area (Å²) in [4.78, 5) is 33.5. The summed E-state index contributed by atoms with van der Waals surface area (Å²) in [6.45, 7) is 0.373. The number of amides is 1. The molecule has 0 saturated heterocycles. The molecule has 0 aliphatic rings. The van der Waals surface area contributed by atoms with Gasteiger partial charge in [0.2, 0.25) is 5.91 Å². The summed E-state index contributed by atoms with van der Waals surface area (Å²) < 4.78 is 4.44. The monoisotopic (exact) mass is 229 g/mol. The van der Waals surface area contributed by atoms with Crippen LogP contribution in [-0.4, -0.2) is 48.6 Å². The number of esters is 1. The molecule has 0 spiro atoms. The largest absolute Gasteiger partial charge is 0.478 e. The van der Waals surface area contributed by atoms with Crippen LogP contribution in [0.2, 0.25) is 0 Å². The number of nitrogens with zero attached hydrogens (tertiary/aromatic N) is 1. The number of carbonyl (C=O) groups is 3. The minimum atomic E-state index is -1.17. The van der Waals surface area contributed by atoms with Crippen molar-refractivity contribution in [2.24, 2.45) is 0 Å². The normalized spacial score (nSPS) is 10.1. The van der Waals surface area contributed by atoms with E-state index in [1.54, 1.807) is 0 Å². The van der Waals surface area contributed by atoms with Gasteiger partial charge in [-0.05, 0) is 6.42 Å². The van der Waals surface area contributed by atoms with Crippen LogP contribution >= 0.6 is 0 Å². The predicted octanol–water partition coefficient (Wildman–Crippen LogP) is 0.0388. The molecule has 0 atom stereocenters. The Kier molecular flexibility index (Phi) is 6.58. The summed E-state index contributed by atoms with van der Waals surface area (Å²) in [7, 11) is 2.83. The Morgan fingerprint density at radius 1 is 1.31 bits per heavy atom. The van der Waals surface area contributed by atoms with Crippen molar-refractivity contribution in [3.05, 3.63) is 12.2 Å². The van der Waals surface area contributed by atoms with Crippen LogP contribution in [0.3, 0.4) is 0 Å². The number of aliphatic carboxylic acids is 1. The summed E-state index contributed by atoms with van der Waals surface area (Å²) in [6.07, 6.45) is 2.46. The molecule has 0 fully saturated rings. The van der Waals surface area contributed by atoms with E-state index in [9.17, 15) is 14.4 Å². The first-order chi connectivity index (χ1) is 7.47. The van der Waals surface area contributed by atoms with E-state index in [0.717, 1.165) is 12.2 Å². The van der Waals surface area contributed by atoms with Gasteiger partial charge in [-0.25, -0.2) is 4.79 Å². The van der Waals surface area contributed by atoms with Crippen molar-refractivity contribution < 1.29 is 24.2 Å². The second kappa shape index (κ2) is 7.44. The summed E-state index contributed by atoms with van der Waals surface area (Å²) in [5, 5.41) is 8.31. The van der Waals surface area contributed by atoms with Gasteiger partial charge in [-0.3, -0.25) is 9.59 Å². The molecule has 0 bridgehead atoms. The Morgan fingerprint density at radius 3 is 2.44 bits per heavy atom. The molecule has 0 aromatic rings. The highest BCUT2D eigenvalue weighted by Crippen LogP contribution is 1.96. The number of carbonyl (C=O) groups excluding carboxylic acids is 2. The zero-order chi connectivity index (χ0) is 12.6. The molecule has 16 heavy (non-hydrogen) atoms. The maximum atomic E-state index is 11.3. The molecule has 0 unspecified atom stereocenters. The first kappa shape index (κ1) is 14.2. The van der Waals surface area contributed by atoms with Crippen molar-refractivity contribution in [1.29, 1.82) is 0 Å². The Bertz CT molecular complexity index is 298. The highest BCUT2D eigenvalue weighted by Gasteiger charge is 2.06. The molecule has 0 aliphatic heterocycles. The average Bonchev–Trinajstić information content (AvgIpc) is 2.25. The predicted molar refractivity (Wildman–Crippen MR) is 55.7 cm³/mol. The van der Waals surface area contributed by atoms with E-state index in [1.165, 1.54) is 19.1 Å². The third-order valence-corrected chi connectivity index (χ3v) is 1.85. The number of carboxylic acids is 1. The molecule has 0 aromatic heterocycles. The van der Waals surface area contributed by atoms with Gasteiger partial charge in [0.05, 0.1) is 7.11 Å². The topological polar surface area (TPSA) is 83.9 Å². The van der Waals surface area contributed by atoms with Gasteiger partial charge < -0.3 is 14.7 Å². The first-order valence-electron chi connectivity index (χ1n) is 4.70. The van der Waals surface area contributed by atoms with E-state index < -0.39 is 11.9 Å². The van der Waals surface area contributed by atoms with Crippen LogP contribution < -0.4 is 0 Å². The number of hydrogen-bond donors (Lipinski definition) is 1. The number of likely N-dealkylation sites (N-methyl/N-ethyl adjacent to an activating group) is 1.